The Morgan fingerprint density at radius 1 is 0.927 bits per heavy atom. The van der Waals surface area contributed by atoms with Crippen LogP contribution >= 0.6 is 15.9 Å². The van der Waals surface area contributed by atoms with Gasteiger partial charge >= 0.3 is 0 Å². The highest BCUT2D eigenvalue weighted by atomic mass is 79.9. The quantitative estimate of drug-likeness (QED) is 0.299. The Balaban J connectivity index is 1.73. The number of sulfonamides is 1. The summed E-state index contributed by atoms with van der Waals surface area (Å²) in [4.78, 5) is 29.7. The van der Waals surface area contributed by atoms with Crippen molar-refractivity contribution in [3.8, 4) is 0 Å². The first-order chi connectivity index (χ1) is 19.5. The van der Waals surface area contributed by atoms with Crippen molar-refractivity contribution in [2.75, 3.05) is 17.1 Å². The van der Waals surface area contributed by atoms with E-state index in [1.165, 1.54) is 0 Å². The first-order valence-electron chi connectivity index (χ1n) is 13.9. The highest BCUT2D eigenvalue weighted by Gasteiger charge is 2.34. The molecule has 4 rings (SSSR count). The van der Waals surface area contributed by atoms with Gasteiger partial charge in [-0.05, 0) is 73.2 Å². The SMILES string of the molecule is Cc1cc(C)cc(N(CC(=O)N(Cc2ccc(Br)cc2)[C@H](Cc2ccccc2)C(=O)NC2CCCC2)S(C)(=O)=O)c1. The van der Waals surface area contributed by atoms with Gasteiger partial charge in [0.15, 0.2) is 0 Å². The minimum atomic E-state index is -3.80. The zero-order chi connectivity index (χ0) is 29.6. The molecule has 0 bridgehead atoms. The van der Waals surface area contributed by atoms with Gasteiger partial charge in [-0.3, -0.25) is 13.9 Å². The second-order valence-electron chi connectivity index (χ2n) is 11.0. The fourth-order valence-corrected chi connectivity index (χ4v) is 6.51. The van der Waals surface area contributed by atoms with Gasteiger partial charge in [-0.1, -0.05) is 77.3 Å². The van der Waals surface area contributed by atoms with Crippen molar-refractivity contribution in [3.05, 3.63) is 99.5 Å². The number of anilines is 1. The summed E-state index contributed by atoms with van der Waals surface area (Å²) in [7, 11) is -3.80. The molecule has 1 atom stereocenters. The average molecular weight is 641 g/mol. The summed E-state index contributed by atoms with van der Waals surface area (Å²) >= 11 is 3.46. The number of nitrogens with one attached hydrogen (secondary N) is 1. The van der Waals surface area contributed by atoms with Crippen LogP contribution in [0.5, 0.6) is 0 Å². The standard InChI is InChI=1S/C32H38BrN3O4S/c1-23-17-24(2)19-29(18-23)36(41(3,39)40)22-31(37)35(21-26-13-15-27(33)16-14-26)30(20-25-9-5-4-6-10-25)32(38)34-28-11-7-8-12-28/h4-6,9-10,13-19,28,30H,7-8,11-12,20-22H2,1-3H3,(H,34,38)/t30-/m1/s1. The number of nitrogens with zero attached hydrogens (tertiary/aromatic N) is 2. The van der Waals surface area contributed by atoms with Gasteiger partial charge in [0, 0.05) is 23.5 Å². The van der Waals surface area contributed by atoms with E-state index in [9.17, 15) is 18.0 Å². The predicted octanol–water partition coefficient (Wildman–Crippen LogP) is 5.53. The second kappa shape index (κ2) is 13.7. The summed E-state index contributed by atoms with van der Waals surface area (Å²) in [5.74, 6) is -0.663. The summed E-state index contributed by atoms with van der Waals surface area (Å²) in [5.41, 5.74) is 3.97. The maximum atomic E-state index is 14.2. The molecule has 9 heteroatoms. The summed E-state index contributed by atoms with van der Waals surface area (Å²) in [6.45, 7) is 3.52. The van der Waals surface area contributed by atoms with Crippen LogP contribution in [0, 0.1) is 13.8 Å². The third-order valence-corrected chi connectivity index (χ3v) is 9.08. The average Bonchev–Trinajstić information content (AvgIpc) is 3.42. The van der Waals surface area contributed by atoms with Gasteiger partial charge < -0.3 is 10.2 Å². The summed E-state index contributed by atoms with van der Waals surface area (Å²) in [6, 6.07) is 21.9. The minimum absolute atomic E-state index is 0.0770. The number of benzene rings is 3. The molecule has 1 N–H and O–H groups in total. The molecule has 0 unspecified atom stereocenters. The van der Waals surface area contributed by atoms with Crippen LogP contribution in [0.25, 0.3) is 0 Å². The van der Waals surface area contributed by atoms with Crippen LogP contribution in [0.4, 0.5) is 5.69 Å². The number of rotatable bonds is 11. The zero-order valence-electron chi connectivity index (χ0n) is 23.8. The molecule has 1 aliphatic rings. The number of hydrogen-bond acceptors (Lipinski definition) is 4. The fraction of sp³-hybridized carbons (Fsp3) is 0.375. The molecular formula is C32H38BrN3O4S. The van der Waals surface area contributed by atoms with Crippen LogP contribution in [0.2, 0.25) is 0 Å². The number of hydrogen-bond donors (Lipinski definition) is 1. The molecule has 0 radical (unpaired) electrons. The van der Waals surface area contributed by atoms with Crippen LogP contribution in [0.15, 0.2) is 77.3 Å². The van der Waals surface area contributed by atoms with Gasteiger partial charge in [0.2, 0.25) is 21.8 Å². The molecule has 3 aromatic rings. The number of amides is 2. The lowest BCUT2D eigenvalue weighted by atomic mass is 10.0. The smallest absolute Gasteiger partial charge is 0.244 e. The van der Waals surface area contributed by atoms with Crippen molar-refractivity contribution in [2.45, 2.75) is 64.6 Å². The molecule has 41 heavy (non-hydrogen) atoms. The van der Waals surface area contributed by atoms with Gasteiger partial charge in [0.25, 0.3) is 0 Å². The zero-order valence-corrected chi connectivity index (χ0v) is 26.2. The Bertz CT molecular complexity index is 1440. The lowest BCUT2D eigenvalue weighted by molar-refractivity contribution is -0.140. The number of carbonyl (C=O) groups excluding carboxylic acids is 2. The van der Waals surface area contributed by atoms with Gasteiger partial charge in [0.1, 0.15) is 12.6 Å². The van der Waals surface area contributed by atoms with Crippen LogP contribution in [-0.4, -0.2) is 50.0 Å². The van der Waals surface area contributed by atoms with Gasteiger partial charge in [0.05, 0.1) is 11.9 Å². The van der Waals surface area contributed by atoms with Crippen LogP contribution in [0.3, 0.4) is 0 Å². The molecule has 0 spiro atoms. The molecule has 3 aromatic carbocycles. The molecule has 0 heterocycles. The molecule has 0 aromatic heterocycles. The highest BCUT2D eigenvalue weighted by molar-refractivity contribution is 9.10. The maximum absolute atomic E-state index is 14.2. The summed E-state index contributed by atoms with van der Waals surface area (Å²) in [5, 5.41) is 3.19. The number of halogens is 1. The van der Waals surface area contributed by atoms with E-state index < -0.39 is 28.5 Å². The Labute approximate surface area is 252 Å². The molecule has 0 aliphatic heterocycles. The molecule has 7 nitrogen and oxygen atoms in total. The van der Waals surface area contributed by atoms with Crippen LogP contribution in [-0.2, 0) is 32.6 Å². The highest BCUT2D eigenvalue weighted by Crippen LogP contribution is 2.24. The van der Waals surface area contributed by atoms with Gasteiger partial charge in [-0.25, -0.2) is 8.42 Å². The fourth-order valence-electron chi connectivity index (χ4n) is 5.42. The predicted molar refractivity (Wildman–Crippen MR) is 167 cm³/mol. The molecular weight excluding hydrogens is 602 g/mol. The first-order valence-corrected chi connectivity index (χ1v) is 16.6. The Morgan fingerprint density at radius 2 is 1.54 bits per heavy atom. The Hall–Kier alpha value is -3.17. The molecule has 1 fully saturated rings. The lowest BCUT2D eigenvalue weighted by Crippen LogP contribution is -2.54. The summed E-state index contributed by atoms with van der Waals surface area (Å²) in [6.07, 6.45) is 5.37. The Morgan fingerprint density at radius 3 is 2.12 bits per heavy atom. The summed E-state index contributed by atoms with van der Waals surface area (Å²) < 4.78 is 28.0. The van der Waals surface area contributed by atoms with Crippen LogP contribution in [0.1, 0.15) is 47.9 Å². The second-order valence-corrected chi connectivity index (χ2v) is 13.8. The molecule has 218 valence electrons. The van der Waals surface area contributed by atoms with Crippen molar-refractivity contribution < 1.29 is 18.0 Å². The Kier molecular flexibility index (Phi) is 10.3. The number of carbonyl (C=O) groups is 2. The number of aryl methyl sites for hydroxylation is 2. The maximum Gasteiger partial charge on any atom is 0.244 e. The molecule has 1 saturated carbocycles. The van der Waals surface area contributed by atoms with Crippen molar-refractivity contribution in [1.82, 2.24) is 10.2 Å². The van der Waals surface area contributed by atoms with Crippen molar-refractivity contribution >= 4 is 43.5 Å². The van der Waals surface area contributed by atoms with E-state index >= 15 is 0 Å². The molecule has 2 amide bonds. The minimum Gasteiger partial charge on any atom is -0.352 e. The van der Waals surface area contributed by atoms with E-state index in [2.05, 4.69) is 21.2 Å². The van der Waals surface area contributed by atoms with E-state index in [0.717, 1.165) is 63.0 Å². The van der Waals surface area contributed by atoms with Crippen LogP contribution < -0.4 is 9.62 Å². The topological polar surface area (TPSA) is 86.8 Å². The molecule has 0 saturated heterocycles. The van der Waals surface area contributed by atoms with E-state index in [1.807, 2.05) is 74.5 Å². The normalized spacial score (nSPS) is 14.4. The lowest BCUT2D eigenvalue weighted by Gasteiger charge is -2.34. The van der Waals surface area contributed by atoms with E-state index in [1.54, 1.807) is 17.0 Å². The van der Waals surface area contributed by atoms with Crippen molar-refractivity contribution in [3.63, 3.8) is 0 Å². The van der Waals surface area contributed by atoms with Crippen molar-refractivity contribution in [1.29, 1.82) is 0 Å². The first kappa shape index (κ1) is 30.8. The van der Waals surface area contributed by atoms with E-state index in [4.69, 9.17) is 0 Å². The monoisotopic (exact) mass is 639 g/mol. The van der Waals surface area contributed by atoms with Crippen molar-refractivity contribution in [2.24, 2.45) is 0 Å². The largest absolute Gasteiger partial charge is 0.352 e. The molecule has 1 aliphatic carbocycles. The third-order valence-electron chi connectivity index (χ3n) is 7.41. The van der Waals surface area contributed by atoms with Gasteiger partial charge in [-0.15, -0.1) is 0 Å². The van der Waals surface area contributed by atoms with E-state index in [0.29, 0.717) is 12.1 Å². The third kappa shape index (κ3) is 8.66. The van der Waals surface area contributed by atoms with Gasteiger partial charge in [-0.2, -0.15) is 0 Å². The van der Waals surface area contributed by atoms with E-state index in [-0.39, 0.29) is 18.5 Å².